The number of hydrogen-bond acceptors (Lipinski definition) is 4. The summed E-state index contributed by atoms with van der Waals surface area (Å²) in [4.78, 5) is 0.0949. The van der Waals surface area contributed by atoms with E-state index in [-0.39, 0.29) is 10.9 Å². The molecule has 1 atom stereocenters. The summed E-state index contributed by atoms with van der Waals surface area (Å²) in [5, 5.41) is 0. The van der Waals surface area contributed by atoms with E-state index < -0.39 is 10.0 Å². The van der Waals surface area contributed by atoms with E-state index in [0.29, 0.717) is 17.4 Å². The van der Waals surface area contributed by atoms with Gasteiger partial charge in [-0.1, -0.05) is 0 Å². The molecule has 18 heavy (non-hydrogen) atoms. The molecule has 1 aliphatic rings. The van der Waals surface area contributed by atoms with Crippen molar-refractivity contribution >= 4 is 15.7 Å². The number of hydrogen-bond donors (Lipinski definition) is 2. The average molecular weight is 270 g/mol. The van der Waals surface area contributed by atoms with Crippen LogP contribution in [0.5, 0.6) is 5.75 Å². The molecule has 0 bridgehead atoms. The summed E-state index contributed by atoms with van der Waals surface area (Å²) in [6.07, 6.45) is 2.16. The van der Waals surface area contributed by atoms with Crippen molar-refractivity contribution in [3.63, 3.8) is 0 Å². The second-order valence-corrected chi connectivity index (χ2v) is 6.34. The van der Waals surface area contributed by atoms with E-state index in [9.17, 15) is 8.42 Å². The second-order valence-electron chi connectivity index (χ2n) is 4.66. The lowest BCUT2D eigenvalue weighted by Crippen LogP contribution is -2.34. The van der Waals surface area contributed by atoms with Gasteiger partial charge in [0.05, 0.1) is 7.11 Å². The Morgan fingerprint density at radius 2 is 2.11 bits per heavy atom. The largest absolute Gasteiger partial charge is 0.495 e. The molecule has 0 aliphatic heterocycles. The molecule has 0 heterocycles. The van der Waals surface area contributed by atoms with Crippen molar-refractivity contribution in [2.24, 2.45) is 5.92 Å². The van der Waals surface area contributed by atoms with Crippen LogP contribution < -0.4 is 15.2 Å². The molecule has 1 aliphatic carbocycles. The molecule has 0 amide bonds. The third-order valence-corrected chi connectivity index (χ3v) is 4.73. The van der Waals surface area contributed by atoms with E-state index in [0.717, 1.165) is 12.8 Å². The Bertz CT molecular complexity index is 538. The van der Waals surface area contributed by atoms with Crippen molar-refractivity contribution in [1.29, 1.82) is 0 Å². The molecule has 6 heteroatoms. The predicted molar refractivity (Wildman–Crippen MR) is 69.9 cm³/mol. The maximum absolute atomic E-state index is 12.3. The van der Waals surface area contributed by atoms with Crippen LogP contribution in [0, 0.1) is 5.92 Å². The van der Waals surface area contributed by atoms with Crippen molar-refractivity contribution in [1.82, 2.24) is 4.72 Å². The quantitative estimate of drug-likeness (QED) is 0.791. The lowest BCUT2D eigenvalue weighted by atomic mass is 10.2. The van der Waals surface area contributed by atoms with Crippen LogP contribution >= 0.6 is 0 Å². The van der Waals surface area contributed by atoms with Crippen LogP contribution in [0.3, 0.4) is 0 Å². The van der Waals surface area contributed by atoms with Crippen LogP contribution in [0.15, 0.2) is 23.1 Å². The van der Waals surface area contributed by atoms with Crippen LogP contribution in [0.1, 0.15) is 19.8 Å². The van der Waals surface area contributed by atoms with Crippen LogP contribution in [-0.4, -0.2) is 21.6 Å². The zero-order valence-electron chi connectivity index (χ0n) is 10.5. The first-order valence-electron chi connectivity index (χ1n) is 5.90. The number of nitrogen functional groups attached to an aromatic ring is 1. The van der Waals surface area contributed by atoms with E-state index >= 15 is 0 Å². The van der Waals surface area contributed by atoms with Gasteiger partial charge in [0.1, 0.15) is 10.6 Å². The Balaban J connectivity index is 2.30. The maximum Gasteiger partial charge on any atom is 0.244 e. The van der Waals surface area contributed by atoms with Crippen LogP contribution in [0.4, 0.5) is 5.69 Å². The molecule has 1 saturated carbocycles. The van der Waals surface area contributed by atoms with Crippen molar-refractivity contribution < 1.29 is 13.2 Å². The van der Waals surface area contributed by atoms with Gasteiger partial charge in [-0.25, -0.2) is 13.1 Å². The van der Waals surface area contributed by atoms with Gasteiger partial charge in [-0.3, -0.25) is 0 Å². The molecular weight excluding hydrogens is 252 g/mol. The summed E-state index contributed by atoms with van der Waals surface area (Å²) < 4.78 is 32.3. The number of nitrogens with one attached hydrogen (secondary N) is 1. The molecule has 3 N–H and O–H groups in total. The van der Waals surface area contributed by atoms with Crippen LogP contribution in [0.2, 0.25) is 0 Å². The summed E-state index contributed by atoms with van der Waals surface area (Å²) in [5.41, 5.74) is 6.03. The number of methoxy groups -OCH3 is 1. The minimum Gasteiger partial charge on any atom is -0.495 e. The highest BCUT2D eigenvalue weighted by molar-refractivity contribution is 7.89. The molecule has 1 aromatic carbocycles. The highest BCUT2D eigenvalue weighted by Gasteiger charge is 2.32. The second kappa shape index (κ2) is 4.78. The number of rotatable bonds is 5. The van der Waals surface area contributed by atoms with Crippen molar-refractivity contribution in [3.8, 4) is 5.75 Å². The number of nitrogens with two attached hydrogens (primary N) is 1. The van der Waals surface area contributed by atoms with Gasteiger partial charge >= 0.3 is 0 Å². The number of ether oxygens (including phenoxy) is 1. The van der Waals surface area contributed by atoms with Gasteiger partial charge in [-0.15, -0.1) is 0 Å². The molecule has 0 radical (unpaired) electrons. The average Bonchev–Trinajstić information content (AvgIpc) is 3.12. The predicted octanol–water partition coefficient (Wildman–Crippen LogP) is 1.35. The summed E-state index contributed by atoms with van der Waals surface area (Å²) in [7, 11) is -2.15. The molecule has 5 nitrogen and oxygen atoms in total. The molecule has 1 aromatic rings. The van der Waals surface area contributed by atoms with E-state index in [2.05, 4.69) is 4.72 Å². The Morgan fingerprint density at radius 3 is 2.67 bits per heavy atom. The lowest BCUT2D eigenvalue weighted by molar-refractivity contribution is 0.402. The van der Waals surface area contributed by atoms with Crippen molar-refractivity contribution in [2.75, 3.05) is 12.8 Å². The van der Waals surface area contributed by atoms with Crippen LogP contribution in [0.25, 0.3) is 0 Å². The standard InChI is InChI=1S/C12H18N2O3S/c1-8(9-3-4-9)14-18(15,16)12-7-10(13)5-6-11(12)17-2/h5-9,14H,3-4,13H2,1-2H3. The van der Waals surface area contributed by atoms with Gasteiger partial charge in [0.15, 0.2) is 0 Å². The Hall–Kier alpha value is -1.27. The maximum atomic E-state index is 12.3. The number of benzene rings is 1. The Labute approximate surface area is 107 Å². The van der Waals surface area contributed by atoms with Gasteiger partial charge in [0, 0.05) is 11.7 Å². The third-order valence-electron chi connectivity index (χ3n) is 3.15. The van der Waals surface area contributed by atoms with E-state index in [1.807, 2.05) is 6.92 Å². The minimum atomic E-state index is -3.58. The molecule has 0 spiro atoms. The number of anilines is 1. The smallest absolute Gasteiger partial charge is 0.244 e. The normalized spacial score (nSPS) is 17.4. The first-order valence-corrected chi connectivity index (χ1v) is 7.38. The van der Waals surface area contributed by atoms with Gasteiger partial charge in [0.2, 0.25) is 10.0 Å². The molecule has 2 rings (SSSR count). The lowest BCUT2D eigenvalue weighted by Gasteiger charge is -2.15. The van der Waals surface area contributed by atoms with Gasteiger partial charge in [0.25, 0.3) is 0 Å². The summed E-state index contributed by atoms with van der Waals surface area (Å²) in [6.45, 7) is 1.88. The van der Waals surface area contributed by atoms with Crippen LogP contribution in [-0.2, 0) is 10.0 Å². The SMILES string of the molecule is COc1ccc(N)cc1S(=O)(=O)NC(C)C1CC1. The van der Waals surface area contributed by atoms with Gasteiger partial charge in [-0.05, 0) is 43.9 Å². The summed E-state index contributed by atoms with van der Waals surface area (Å²) >= 11 is 0. The molecule has 1 unspecified atom stereocenters. The highest BCUT2D eigenvalue weighted by Crippen LogP contribution is 2.34. The molecule has 0 aromatic heterocycles. The summed E-state index contributed by atoms with van der Waals surface area (Å²) in [6, 6.07) is 4.54. The highest BCUT2D eigenvalue weighted by atomic mass is 32.2. The Kier molecular flexibility index (Phi) is 3.49. The molecule has 0 saturated heterocycles. The zero-order chi connectivity index (χ0) is 13.3. The molecule has 1 fully saturated rings. The van der Waals surface area contributed by atoms with E-state index in [1.54, 1.807) is 12.1 Å². The van der Waals surface area contributed by atoms with Gasteiger partial charge < -0.3 is 10.5 Å². The fourth-order valence-corrected chi connectivity index (χ4v) is 3.42. The topological polar surface area (TPSA) is 81.4 Å². The number of sulfonamides is 1. The fourth-order valence-electron chi connectivity index (χ4n) is 1.90. The fraction of sp³-hybridized carbons (Fsp3) is 0.500. The zero-order valence-corrected chi connectivity index (χ0v) is 11.3. The van der Waals surface area contributed by atoms with E-state index in [4.69, 9.17) is 10.5 Å². The first-order chi connectivity index (χ1) is 8.44. The monoisotopic (exact) mass is 270 g/mol. The first kappa shape index (κ1) is 13.2. The minimum absolute atomic E-state index is 0.0545. The van der Waals surface area contributed by atoms with E-state index in [1.165, 1.54) is 13.2 Å². The molecule has 100 valence electrons. The molecular formula is C12H18N2O3S. The summed E-state index contributed by atoms with van der Waals surface area (Å²) in [5.74, 6) is 0.756. The Morgan fingerprint density at radius 1 is 1.44 bits per heavy atom. The third kappa shape index (κ3) is 2.76. The van der Waals surface area contributed by atoms with Crippen molar-refractivity contribution in [2.45, 2.75) is 30.7 Å². The van der Waals surface area contributed by atoms with Gasteiger partial charge in [-0.2, -0.15) is 0 Å². The van der Waals surface area contributed by atoms with Crippen molar-refractivity contribution in [3.05, 3.63) is 18.2 Å².